The lowest BCUT2D eigenvalue weighted by atomic mass is 9.81. The Morgan fingerprint density at radius 1 is 1.58 bits per heavy atom. The molecule has 1 aliphatic heterocycles. The van der Waals surface area contributed by atoms with Crippen LogP contribution >= 0.6 is 0 Å². The molecule has 0 spiro atoms. The Morgan fingerprint density at radius 3 is 2.75 bits per heavy atom. The Labute approximate surface area is 74.9 Å². The van der Waals surface area contributed by atoms with E-state index in [0.29, 0.717) is 12.5 Å². The second kappa shape index (κ2) is 3.73. The van der Waals surface area contributed by atoms with Crippen LogP contribution < -0.4 is 0 Å². The SMILES string of the molecule is CCC[C@@H]1CCN(C)C[C@@]1(C)F. The van der Waals surface area contributed by atoms with E-state index in [4.69, 9.17) is 0 Å². The number of hydrogen-bond donors (Lipinski definition) is 0. The molecule has 0 aromatic carbocycles. The highest BCUT2D eigenvalue weighted by molar-refractivity contribution is 4.89. The number of halogens is 1. The summed E-state index contributed by atoms with van der Waals surface area (Å²) in [7, 11) is 2.00. The van der Waals surface area contributed by atoms with Crippen molar-refractivity contribution < 1.29 is 4.39 Å². The average Bonchev–Trinajstić information content (AvgIpc) is 1.94. The fourth-order valence-electron chi connectivity index (χ4n) is 2.21. The van der Waals surface area contributed by atoms with Crippen LogP contribution in [0.3, 0.4) is 0 Å². The van der Waals surface area contributed by atoms with Gasteiger partial charge in [-0.15, -0.1) is 0 Å². The quantitative estimate of drug-likeness (QED) is 0.620. The Hall–Kier alpha value is -0.110. The molecule has 0 unspecified atom stereocenters. The van der Waals surface area contributed by atoms with Gasteiger partial charge in [-0.2, -0.15) is 0 Å². The van der Waals surface area contributed by atoms with Gasteiger partial charge in [-0.05, 0) is 39.3 Å². The summed E-state index contributed by atoms with van der Waals surface area (Å²) in [4.78, 5) is 2.09. The first kappa shape index (κ1) is 9.97. The van der Waals surface area contributed by atoms with Crippen molar-refractivity contribution in [2.24, 2.45) is 5.92 Å². The van der Waals surface area contributed by atoms with Crippen LogP contribution in [0.15, 0.2) is 0 Å². The number of hydrogen-bond acceptors (Lipinski definition) is 1. The summed E-state index contributed by atoms with van der Waals surface area (Å²) in [6.07, 6.45) is 3.17. The van der Waals surface area contributed by atoms with Crippen LogP contribution in [0.5, 0.6) is 0 Å². The van der Waals surface area contributed by atoms with Crippen molar-refractivity contribution in [3.63, 3.8) is 0 Å². The van der Waals surface area contributed by atoms with Crippen molar-refractivity contribution in [2.45, 2.75) is 38.8 Å². The number of rotatable bonds is 2. The van der Waals surface area contributed by atoms with Crippen molar-refractivity contribution in [3.8, 4) is 0 Å². The monoisotopic (exact) mass is 173 g/mol. The maximum atomic E-state index is 13.9. The lowest BCUT2D eigenvalue weighted by molar-refractivity contribution is 0.0119. The molecular formula is C10H20FN. The molecular weight excluding hydrogens is 153 g/mol. The lowest BCUT2D eigenvalue weighted by Gasteiger charge is -2.39. The van der Waals surface area contributed by atoms with Gasteiger partial charge < -0.3 is 4.90 Å². The predicted octanol–water partition coefficient (Wildman–Crippen LogP) is 2.47. The van der Waals surface area contributed by atoms with Gasteiger partial charge in [0.15, 0.2) is 0 Å². The topological polar surface area (TPSA) is 3.24 Å². The minimum absolute atomic E-state index is 0.290. The van der Waals surface area contributed by atoms with Crippen molar-refractivity contribution in [1.29, 1.82) is 0 Å². The van der Waals surface area contributed by atoms with E-state index in [-0.39, 0.29) is 0 Å². The summed E-state index contributed by atoms with van der Waals surface area (Å²) in [5.74, 6) is 0.290. The van der Waals surface area contributed by atoms with Crippen LogP contribution in [0.2, 0.25) is 0 Å². The molecule has 1 fully saturated rings. The van der Waals surface area contributed by atoms with E-state index in [1.54, 1.807) is 6.92 Å². The van der Waals surface area contributed by atoms with Crippen LogP contribution in [0.4, 0.5) is 4.39 Å². The third-order valence-corrected chi connectivity index (χ3v) is 2.93. The van der Waals surface area contributed by atoms with E-state index < -0.39 is 5.67 Å². The van der Waals surface area contributed by atoms with Crippen molar-refractivity contribution >= 4 is 0 Å². The molecule has 72 valence electrons. The van der Waals surface area contributed by atoms with Crippen molar-refractivity contribution in [2.75, 3.05) is 20.1 Å². The zero-order valence-corrected chi connectivity index (χ0v) is 8.44. The van der Waals surface area contributed by atoms with E-state index in [9.17, 15) is 4.39 Å². The first-order valence-corrected chi connectivity index (χ1v) is 4.93. The standard InChI is InChI=1S/C10H20FN/c1-4-5-9-6-7-12(3)8-10(9,2)11/h9H,4-8H2,1-3H3/t9-,10-/m1/s1. The first-order valence-electron chi connectivity index (χ1n) is 4.93. The molecule has 0 radical (unpaired) electrons. The van der Waals surface area contributed by atoms with Crippen LogP contribution in [0.1, 0.15) is 33.1 Å². The largest absolute Gasteiger partial charge is 0.303 e. The zero-order chi connectivity index (χ0) is 9.19. The zero-order valence-electron chi connectivity index (χ0n) is 8.44. The molecule has 0 aromatic rings. The van der Waals surface area contributed by atoms with Gasteiger partial charge in [0.1, 0.15) is 5.67 Å². The lowest BCUT2D eigenvalue weighted by Crippen LogP contribution is -2.47. The summed E-state index contributed by atoms with van der Waals surface area (Å²) in [6, 6.07) is 0. The van der Waals surface area contributed by atoms with Gasteiger partial charge in [-0.1, -0.05) is 13.3 Å². The minimum atomic E-state index is -0.955. The molecule has 0 amide bonds. The minimum Gasteiger partial charge on any atom is -0.303 e. The number of likely N-dealkylation sites (tertiary alicyclic amines) is 1. The molecule has 1 heterocycles. The van der Waals surface area contributed by atoms with Gasteiger partial charge in [0.25, 0.3) is 0 Å². The third-order valence-electron chi connectivity index (χ3n) is 2.93. The van der Waals surface area contributed by atoms with E-state index in [1.807, 2.05) is 7.05 Å². The van der Waals surface area contributed by atoms with E-state index in [1.165, 1.54) is 0 Å². The first-order chi connectivity index (χ1) is 5.56. The summed E-state index contributed by atoms with van der Waals surface area (Å²) >= 11 is 0. The molecule has 0 aliphatic carbocycles. The summed E-state index contributed by atoms with van der Waals surface area (Å²) in [6.45, 7) is 5.55. The molecule has 0 bridgehead atoms. The van der Waals surface area contributed by atoms with E-state index in [2.05, 4.69) is 11.8 Å². The van der Waals surface area contributed by atoms with Crippen LogP contribution in [-0.2, 0) is 0 Å². The van der Waals surface area contributed by atoms with Crippen LogP contribution in [0, 0.1) is 5.92 Å². The van der Waals surface area contributed by atoms with Crippen LogP contribution in [0.25, 0.3) is 0 Å². The Morgan fingerprint density at radius 2 is 2.25 bits per heavy atom. The number of nitrogens with zero attached hydrogens (tertiary/aromatic N) is 1. The third kappa shape index (κ3) is 2.19. The average molecular weight is 173 g/mol. The summed E-state index contributed by atoms with van der Waals surface area (Å²) < 4.78 is 13.9. The van der Waals surface area contributed by atoms with E-state index in [0.717, 1.165) is 25.8 Å². The second-order valence-corrected chi connectivity index (χ2v) is 4.29. The maximum absolute atomic E-state index is 13.9. The van der Waals surface area contributed by atoms with Gasteiger partial charge in [0.2, 0.25) is 0 Å². The molecule has 2 heteroatoms. The van der Waals surface area contributed by atoms with E-state index >= 15 is 0 Å². The second-order valence-electron chi connectivity index (χ2n) is 4.29. The summed E-state index contributed by atoms with van der Waals surface area (Å²) in [5, 5.41) is 0. The molecule has 12 heavy (non-hydrogen) atoms. The Bertz CT molecular complexity index is 145. The fourth-order valence-corrected chi connectivity index (χ4v) is 2.21. The molecule has 0 N–H and O–H groups in total. The smallest absolute Gasteiger partial charge is 0.123 e. The Balaban J connectivity index is 2.51. The van der Waals surface area contributed by atoms with Crippen LogP contribution in [-0.4, -0.2) is 30.7 Å². The molecule has 1 saturated heterocycles. The normalized spacial score (nSPS) is 38.5. The predicted molar refractivity (Wildman–Crippen MR) is 50.0 cm³/mol. The van der Waals surface area contributed by atoms with Crippen molar-refractivity contribution in [1.82, 2.24) is 4.90 Å². The summed E-state index contributed by atoms with van der Waals surface area (Å²) in [5.41, 5.74) is -0.955. The highest BCUT2D eigenvalue weighted by Crippen LogP contribution is 2.33. The van der Waals surface area contributed by atoms with Gasteiger partial charge >= 0.3 is 0 Å². The maximum Gasteiger partial charge on any atom is 0.123 e. The fraction of sp³-hybridized carbons (Fsp3) is 1.00. The van der Waals surface area contributed by atoms with Gasteiger partial charge in [-0.25, -0.2) is 4.39 Å². The molecule has 0 saturated carbocycles. The molecule has 1 aliphatic rings. The Kier molecular flexibility index (Phi) is 3.10. The highest BCUT2D eigenvalue weighted by Gasteiger charge is 2.37. The van der Waals surface area contributed by atoms with Gasteiger partial charge in [0.05, 0.1) is 0 Å². The van der Waals surface area contributed by atoms with Gasteiger partial charge in [-0.3, -0.25) is 0 Å². The molecule has 0 aromatic heterocycles. The number of piperidine rings is 1. The van der Waals surface area contributed by atoms with Crippen molar-refractivity contribution in [3.05, 3.63) is 0 Å². The molecule has 2 atom stereocenters. The number of alkyl halides is 1. The molecule has 1 rings (SSSR count). The highest BCUT2D eigenvalue weighted by atomic mass is 19.1. The molecule has 1 nitrogen and oxygen atoms in total. The van der Waals surface area contributed by atoms with Gasteiger partial charge in [0, 0.05) is 6.54 Å².